The second-order valence-electron chi connectivity index (χ2n) is 6.90. The van der Waals surface area contributed by atoms with Crippen LogP contribution in [0.5, 0.6) is 0 Å². The number of nitrogens with zero attached hydrogens (tertiary/aromatic N) is 2. The number of rotatable bonds is 3. The van der Waals surface area contributed by atoms with Crippen LogP contribution in [0.2, 0.25) is 0 Å². The number of amides is 1. The molecule has 2 heterocycles. The lowest BCUT2D eigenvalue weighted by Gasteiger charge is -2.30. The van der Waals surface area contributed by atoms with Crippen molar-refractivity contribution in [1.29, 1.82) is 0 Å². The largest absolute Gasteiger partial charge is 0.336 e. The molecule has 0 aromatic carbocycles. The van der Waals surface area contributed by atoms with Crippen LogP contribution in [0.3, 0.4) is 0 Å². The predicted octanol–water partition coefficient (Wildman–Crippen LogP) is 2.96. The summed E-state index contributed by atoms with van der Waals surface area (Å²) in [7, 11) is 1.71. The highest BCUT2D eigenvalue weighted by Gasteiger charge is 2.31. The Morgan fingerprint density at radius 1 is 1.18 bits per heavy atom. The Balaban J connectivity index is 1.70. The van der Waals surface area contributed by atoms with Crippen LogP contribution in [-0.2, 0) is 7.05 Å². The van der Waals surface area contributed by atoms with Gasteiger partial charge in [0, 0.05) is 37.5 Å². The summed E-state index contributed by atoms with van der Waals surface area (Å²) in [6.07, 6.45) is 11.8. The van der Waals surface area contributed by atoms with Gasteiger partial charge in [-0.1, -0.05) is 32.1 Å². The van der Waals surface area contributed by atoms with Crippen molar-refractivity contribution in [2.45, 2.75) is 57.4 Å². The van der Waals surface area contributed by atoms with Crippen molar-refractivity contribution < 1.29 is 4.79 Å². The first-order chi connectivity index (χ1) is 10.6. The van der Waals surface area contributed by atoms with Crippen molar-refractivity contribution in [1.82, 2.24) is 9.47 Å². The molecule has 120 valence electrons. The van der Waals surface area contributed by atoms with Gasteiger partial charge < -0.3 is 9.47 Å². The SMILES string of the molecule is Cn1ccc(C(=O)N2CCCC2CC2CCCCC2)cc1=O. The Labute approximate surface area is 132 Å². The number of carbonyl (C=O) groups excluding carboxylic acids is 1. The monoisotopic (exact) mass is 302 g/mol. The van der Waals surface area contributed by atoms with Crippen LogP contribution in [0, 0.1) is 5.92 Å². The summed E-state index contributed by atoms with van der Waals surface area (Å²) < 4.78 is 1.50. The number of aryl methyl sites for hydroxylation is 1. The van der Waals surface area contributed by atoms with Crippen LogP contribution < -0.4 is 5.56 Å². The van der Waals surface area contributed by atoms with Gasteiger partial charge in [0.15, 0.2) is 0 Å². The summed E-state index contributed by atoms with van der Waals surface area (Å²) in [6.45, 7) is 0.839. The number of likely N-dealkylation sites (tertiary alicyclic amines) is 1. The molecule has 4 nitrogen and oxygen atoms in total. The van der Waals surface area contributed by atoms with Gasteiger partial charge in [-0.2, -0.15) is 0 Å². The highest BCUT2D eigenvalue weighted by atomic mass is 16.2. The zero-order chi connectivity index (χ0) is 15.5. The Hall–Kier alpha value is -1.58. The average Bonchev–Trinajstić information content (AvgIpc) is 2.98. The maximum absolute atomic E-state index is 12.7. The minimum Gasteiger partial charge on any atom is -0.336 e. The Morgan fingerprint density at radius 2 is 1.95 bits per heavy atom. The minimum absolute atomic E-state index is 0.0380. The summed E-state index contributed by atoms with van der Waals surface area (Å²) in [4.78, 5) is 26.5. The number of hydrogen-bond acceptors (Lipinski definition) is 2. The van der Waals surface area contributed by atoms with Gasteiger partial charge in [0.1, 0.15) is 0 Å². The van der Waals surface area contributed by atoms with Crippen molar-refractivity contribution in [2.24, 2.45) is 13.0 Å². The lowest BCUT2D eigenvalue weighted by atomic mass is 9.84. The predicted molar refractivity (Wildman–Crippen MR) is 86.9 cm³/mol. The standard InChI is InChI=1S/C18H26N2O2/c1-19-11-9-15(13-17(19)21)18(22)20-10-5-8-16(20)12-14-6-3-2-4-7-14/h9,11,13-14,16H,2-8,10,12H2,1H3. The molecule has 0 radical (unpaired) electrons. The van der Waals surface area contributed by atoms with Gasteiger partial charge in [0.2, 0.25) is 0 Å². The molecule has 1 unspecified atom stereocenters. The van der Waals surface area contributed by atoms with E-state index in [-0.39, 0.29) is 11.5 Å². The van der Waals surface area contributed by atoms with E-state index in [1.165, 1.54) is 42.7 Å². The van der Waals surface area contributed by atoms with E-state index in [0.29, 0.717) is 11.6 Å². The molecule has 1 aliphatic heterocycles. The molecule has 1 aromatic rings. The second kappa shape index (κ2) is 6.67. The van der Waals surface area contributed by atoms with Gasteiger partial charge in [0.25, 0.3) is 11.5 Å². The molecule has 1 saturated heterocycles. The van der Waals surface area contributed by atoms with Crippen molar-refractivity contribution >= 4 is 5.91 Å². The van der Waals surface area contributed by atoms with Crippen molar-refractivity contribution in [3.63, 3.8) is 0 Å². The highest BCUT2D eigenvalue weighted by Crippen LogP contribution is 2.32. The number of carbonyl (C=O) groups is 1. The summed E-state index contributed by atoms with van der Waals surface area (Å²) in [5, 5.41) is 0. The Morgan fingerprint density at radius 3 is 2.68 bits per heavy atom. The quantitative estimate of drug-likeness (QED) is 0.861. The first kappa shape index (κ1) is 15.3. The van der Waals surface area contributed by atoms with Crippen LogP contribution in [0.15, 0.2) is 23.1 Å². The van der Waals surface area contributed by atoms with Crippen LogP contribution in [-0.4, -0.2) is 28.0 Å². The van der Waals surface area contributed by atoms with E-state index in [9.17, 15) is 9.59 Å². The molecule has 2 fully saturated rings. The van der Waals surface area contributed by atoms with Crippen LogP contribution in [0.25, 0.3) is 0 Å². The maximum Gasteiger partial charge on any atom is 0.254 e. The molecule has 1 amide bonds. The van der Waals surface area contributed by atoms with Gasteiger partial charge in [-0.3, -0.25) is 9.59 Å². The molecule has 1 aliphatic carbocycles. The second-order valence-corrected chi connectivity index (χ2v) is 6.90. The smallest absolute Gasteiger partial charge is 0.254 e. The van der Waals surface area contributed by atoms with Gasteiger partial charge in [-0.25, -0.2) is 0 Å². The fraction of sp³-hybridized carbons (Fsp3) is 0.667. The molecular weight excluding hydrogens is 276 g/mol. The Kier molecular flexibility index (Phi) is 4.65. The molecule has 0 N–H and O–H groups in total. The van der Waals surface area contributed by atoms with Crippen LogP contribution >= 0.6 is 0 Å². The molecule has 0 bridgehead atoms. The van der Waals surface area contributed by atoms with Gasteiger partial charge in [-0.15, -0.1) is 0 Å². The normalized spacial score (nSPS) is 23.0. The van der Waals surface area contributed by atoms with Crippen LogP contribution in [0.1, 0.15) is 61.7 Å². The number of aromatic nitrogens is 1. The first-order valence-corrected chi connectivity index (χ1v) is 8.63. The summed E-state index contributed by atoms with van der Waals surface area (Å²) in [5.74, 6) is 0.826. The molecule has 4 heteroatoms. The van der Waals surface area contributed by atoms with E-state index in [1.54, 1.807) is 19.3 Å². The molecular formula is C18H26N2O2. The van der Waals surface area contributed by atoms with Crippen LogP contribution in [0.4, 0.5) is 0 Å². The van der Waals surface area contributed by atoms with Crippen molar-refractivity contribution in [3.05, 3.63) is 34.2 Å². The summed E-state index contributed by atoms with van der Waals surface area (Å²) >= 11 is 0. The van der Waals surface area contributed by atoms with Gasteiger partial charge in [0.05, 0.1) is 0 Å². The highest BCUT2D eigenvalue weighted by molar-refractivity contribution is 5.94. The third-order valence-corrected chi connectivity index (χ3v) is 5.32. The third-order valence-electron chi connectivity index (χ3n) is 5.32. The minimum atomic E-state index is -0.117. The molecule has 2 aliphatic rings. The van der Waals surface area contributed by atoms with Gasteiger partial charge >= 0.3 is 0 Å². The summed E-state index contributed by atoms with van der Waals surface area (Å²) in [5.41, 5.74) is 0.424. The zero-order valence-corrected chi connectivity index (χ0v) is 13.5. The van der Waals surface area contributed by atoms with Gasteiger partial charge in [-0.05, 0) is 31.2 Å². The Bertz CT molecular complexity index is 587. The lowest BCUT2D eigenvalue weighted by molar-refractivity contribution is 0.0711. The summed E-state index contributed by atoms with van der Waals surface area (Å²) in [6, 6.07) is 3.61. The maximum atomic E-state index is 12.7. The molecule has 22 heavy (non-hydrogen) atoms. The number of pyridine rings is 1. The van der Waals surface area contributed by atoms with E-state index in [0.717, 1.165) is 31.7 Å². The topological polar surface area (TPSA) is 42.3 Å². The van der Waals surface area contributed by atoms with E-state index in [4.69, 9.17) is 0 Å². The van der Waals surface area contributed by atoms with E-state index in [2.05, 4.69) is 0 Å². The number of hydrogen-bond donors (Lipinski definition) is 0. The first-order valence-electron chi connectivity index (χ1n) is 8.63. The fourth-order valence-corrected chi connectivity index (χ4v) is 4.00. The zero-order valence-electron chi connectivity index (χ0n) is 13.5. The fourth-order valence-electron chi connectivity index (χ4n) is 4.00. The molecule has 1 saturated carbocycles. The lowest BCUT2D eigenvalue weighted by Crippen LogP contribution is -2.37. The third kappa shape index (κ3) is 3.26. The van der Waals surface area contributed by atoms with E-state index in [1.807, 2.05) is 4.90 Å². The van der Waals surface area contributed by atoms with Crippen molar-refractivity contribution in [2.75, 3.05) is 6.54 Å². The molecule has 1 atom stereocenters. The average molecular weight is 302 g/mol. The van der Waals surface area contributed by atoms with E-state index >= 15 is 0 Å². The molecule has 1 aromatic heterocycles. The van der Waals surface area contributed by atoms with Crippen molar-refractivity contribution in [3.8, 4) is 0 Å². The molecule has 3 rings (SSSR count). The van der Waals surface area contributed by atoms with E-state index < -0.39 is 0 Å². The molecule has 0 spiro atoms.